The van der Waals surface area contributed by atoms with Crippen LogP contribution < -0.4 is 5.32 Å². The molecule has 2 aromatic carbocycles. The van der Waals surface area contributed by atoms with Crippen LogP contribution in [-0.2, 0) is 11.3 Å². The molecular weight excluding hydrogens is 310 g/mol. The molecule has 4 heteroatoms. The first kappa shape index (κ1) is 16.8. The lowest BCUT2D eigenvalue weighted by Gasteiger charge is -2.07. The van der Waals surface area contributed by atoms with E-state index >= 15 is 0 Å². The van der Waals surface area contributed by atoms with Crippen LogP contribution in [0.4, 0.5) is 0 Å². The minimum atomic E-state index is -0.339. The maximum absolute atomic E-state index is 12.1. The molecule has 1 N–H and O–H groups in total. The number of aryl methyl sites for hydroxylation is 1. The Labute approximate surface area is 147 Å². The van der Waals surface area contributed by atoms with Crippen molar-refractivity contribution in [1.29, 1.82) is 5.26 Å². The van der Waals surface area contributed by atoms with E-state index in [9.17, 15) is 10.1 Å². The van der Waals surface area contributed by atoms with Crippen LogP contribution in [0.3, 0.4) is 0 Å². The third-order valence-electron chi connectivity index (χ3n) is 4.21. The first-order valence-electron chi connectivity index (χ1n) is 8.48. The van der Waals surface area contributed by atoms with Crippen LogP contribution >= 0.6 is 0 Å². The average molecular weight is 331 g/mol. The topological polar surface area (TPSA) is 57.8 Å². The zero-order valence-corrected chi connectivity index (χ0v) is 14.7. The fourth-order valence-corrected chi connectivity index (χ4v) is 3.16. The van der Waals surface area contributed by atoms with Gasteiger partial charge in [0.05, 0.1) is 0 Å². The molecule has 0 saturated carbocycles. The number of hydrogen-bond donors (Lipinski definition) is 1. The van der Waals surface area contributed by atoms with Crippen LogP contribution in [0.25, 0.3) is 27.9 Å². The van der Waals surface area contributed by atoms with Gasteiger partial charge in [-0.3, -0.25) is 4.79 Å². The van der Waals surface area contributed by atoms with E-state index in [4.69, 9.17) is 0 Å². The molecule has 1 heterocycles. The fourth-order valence-electron chi connectivity index (χ4n) is 3.16. The van der Waals surface area contributed by atoms with E-state index in [1.165, 1.54) is 10.9 Å². The molecule has 0 aliphatic heterocycles. The van der Waals surface area contributed by atoms with Crippen LogP contribution in [0.15, 0.2) is 48.0 Å². The number of fused-ring (bicyclic) bond motifs is 3. The molecule has 0 saturated heterocycles. The summed E-state index contributed by atoms with van der Waals surface area (Å²) in [7, 11) is 0. The maximum Gasteiger partial charge on any atom is 0.262 e. The SMILES string of the molecule is CCn1c2ccccc2c2cc(/C=C(\C#N)C(=O)NC(C)C)ccc21. The number of benzene rings is 2. The van der Waals surface area contributed by atoms with Gasteiger partial charge < -0.3 is 9.88 Å². The van der Waals surface area contributed by atoms with Crippen molar-refractivity contribution in [3.8, 4) is 6.07 Å². The van der Waals surface area contributed by atoms with Crippen LogP contribution in [0.2, 0.25) is 0 Å². The summed E-state index contributed by atoms with van der Waals surface area (Å²) in [5.41, 5.74) is 3.32. The Morgan fingerprint density at radius 1 is 1.20 bits per heavy atom. The lowest BCUT2D eigenvalue weighted by Crippen LogP contribution is -2.30. The number of carbonyl (C=O) groups excluding carboxylic acids is 1. The third kappa shape index (κ3) is 3.14. The summed E-state index contributed by atoms with van der Waals surface area (Å²) < 4.78 is 2.27. The predicted octanol–water partition coefficient (Wildman–Crippen LogP) is 4.25. The fraction of sp³-hybridized carbons (Fsp3) is 0.238. The maximum atomic E-state index is 12.1. The molecule has 0 bridgehead atoms. The van der Waals surface area contributed by atoms with E-state index < -0.39 is 0 Å². The monoisotopic (exact) mass is 331 g/mol. The number of amides is 1. The average Bonchev–Trinajstić information content (AvgIpc) is 2.92. The highest BCUT2D eigenvalue weighted by Gasteiger charge is 2.12. The van der Waals surface area contributed by atoms with Gasteiger partial charge in [-0.05, 0) is 50.6 Å². The number of carbonyl (C=O) groups is 1. The molecule has 25 heavy (non-hydrogen) atoms. The Balaban J connectivity index is 2.13. The molecule has 1 aromatic heterocycles. The smallest absolute Gasteiger partial charge is 0.262 e. The number of aromatic nitrogens is 1. The zero-order valence-electron chi connectivity index (χ0n) is 14.7. The number of hydrogen-bond acceptors (Lipinski definition) is 2. The first-order valence-corrected chi connectivity index (χ1v) is 8.48. The van der Waals surface area contributed by atoms with Gasteiger partial charge in [-0.1, -0.05) is 24.3 Å². The van der Waals surface area contributed by atoms with E-state index in [2.05, 4.69) is 35.0 Å². The van der Waals surface area contributed by atoms with Crippen LogP contribution in [-0.4, -0.2) is 16.5 Å². The number of para-hydroxylation sites is 1. The van der Waals surface area contributed by atoms with E-state index in [0.717, 1.165) is 23.0 Å². The number of nitrogens with one attached hydrogen (secondary N) is 1. The Hall–Kier alpha value is -3.06. The van der Waals surface area contributed by atoms with Crippen molar-refractivity contribution in [3.05, 3.63) is 53.6 Å². The highest BCUT2D eigenvalue weighted by Crippen LogP contribution is 2.30. The summed E-state index contributed by atoms with van der Waals surface area (Å²) in [6.45, 7) is 6.76. The van der Waals surface area contributed by atoms with Crippen molar-refractivity contribution in [1.82, 2.24) is 9.88 Å². The molecule has 0 atom stereocenters. The molecule has 3 rings (SSSR count). The van der Waals surface area contributed by atoms with Crippen molar-refractivity contribution >= 4 is 33.8 Å². The van der Waals surface area contributed by atoms with Gasteiger partial charge in [-0.15, -0.1) is 0 Å². The highest BCUT2D eigenvalue weighted by atomic mass is 16.1. The van der Waals surface area contributed by atoms with Gasteiger partial charge in [0.25, 0.3) is 5.91 Å². The van der Waals surface area contributed by atoms with Crippen LogP contribution in [0.1, 0.15) is 26.3 Å². The summed E-state index contributed by atoms with van der Waals surface area (Å²) in [5.74, 6) is -0.339. The summed E-state index contributed by atoms with van der Waals surface area (Å²) in [4.78, 5) is 12.1. The lowest BCUT2D eigenvalue weighted by molar-refractivity contribution is -0.117. The Morgan fingerprint density at radius 3 is 2.60 bits per heavy atom. The van der Waals surface area contributed by atoms with Crippen LogP contribution in [0.5, 0.6) is 0 Å². The first-order chi connectivity index (χ1) is 12.0. The van der Waals surface area contributed by atoms with Gasteiger partial charge in [0.2, 0.25) is 0 Å². The molecule has 4 nitrogen and oxygen atoms in total. The van der Waals surface area contributed by atoms with Crippen molar-refractivity contribution in [2.24, 2.45) is 0 Å². The molecular formula is C21H21N3O. The molecule has 126 valence electrons. The zero-order chi connectivity index (χ0) is 18.0. The van der Waals surface area contributed by atoms with Crippen molar-refractivity contribution in [2.75, 3.05) is 0 Å². The summed E-state index contributed by atoms with van der Waals surface area (Å²) in [5, 5.41) is 14.4. The van der Waals surface area contributed by atoms with Gasteiger partial charge in [0, 0.05) is 34.4 Å². The van der Waals surface area contributed by atoms with E-state index in [0.29, 0.717) is 0 Å². The van der Waals surface area contributed by atoms with Crippen molar-refractivity contribution in [2.45, 2.75) is 33.4 Å². The van der Waals surface area contributed by atoms with Gasteiger partial charge in [0.15, 0.2) is 0 Å². The second-order valence-corrected chi connectivity index (χ2v) is 6.34. The summed E-state index contributed by atoms with van der Waals surface area (Å²) >= 11 is 0. The molecule has 0 aliphatic rings. The normalized spacial score (nSPS) is 11.9. The minimum Gasteiger partial charge on any atom is -0.349 e. The molecule has 3 aromatic rings. The number of nitriles is 1. The highest BCUT2D eigenvalue weighted by molar-refractivity contribution is 6.09. The second-order valence-electron chi connectivity index (χ2n) is 6.34. The summed E-state index contributed by atoms with van der Waals surface area (Å²) in [6.07, 6.45) is 1.65. The van der Waals surface area contributed by atoms with E-state index in [1.807, 2.05) is 44.2 Å². The predicted molar refractivity (Wildman–Crippen MR) is 102 cm³/mol. The quantitative estimate of drug-likeness (QED) is 0.574. The number of nitrogens with zero attached hydrogens (tertiary/aromatic N) is 2. The summed E-state index contributed by atoms with van der Waals surface area (Å²) in [6, 6.07) is 16.3. The van der Waals surface area contributed by atoms with Gasteiger partial charge in [-0.25, -0.2) is 0 Å². The number of rotatable bonds is 4. The molecule has 0 spiro atoms. The molecule has 0 fully saturated rings. The molecule has 0 radical (unpaired) electrons. The molecule has 1 amide bonds. The standard InChI is InChI=1S/C21H21N3O/c1-4-24-19-8-6-5-7-17(19)18-12-15(9-10-20(18)24)11-16(13-22)21(25)23-14(2)3/h5-12,14H,4H2,1-3H3,(H,23,25)/b16-11+. The minimum absolute atomic E-state index is 0.00531. The lowest BCUT2D eigenvalue weighted by atomic mass is 10.1. The second kappa shape index (κ2) is 6.82. The van der Waals surface area contributed by atoms with E-state index in [1.54, 1.807) is 6.08 Å². The molecule has 0 unspecified atom stereocenters. The molecule has 0 aliphatic carbocycles. The third-order valence-corrected chi connectivity index (χ3v) is 4.21. The van der Waals surface area contributed by atoms with Gasteiger partial charge >= 0.3 is 0 Å². The van der Waals surface area contributed by atoms with Crippen molar-refractivity contribution < 1.29 is 4.79 Å². The Kier molecular flexibility index (Phi) is 4.58. The van der Waals surface area contributed by atoms with Gasteiger partial charge in [-0.2, -0.15) is 5.26 Å². The van der Waals surface area contributed by atoms with Crippen molar-refractivity contribution in [3.63, 3.8) is 0 Å². The van der Waals surface area contributed by atoms with Gasteiger partial charge in [0.1, 0.15) is 11.6 Å². The Morgan fingerprint density at radius 2 is 1.92 bits per heavy atom. The largest absolute Gasteiger partial charge is 0.349 e. The van der Waals surface area contributed by atoms with Crippen LogP contribution in [0, 0.1) is 11.3 Å². The Bertz CT molecular complexity index is 1020. The van der Waals surface area contributed by atoms with E-state index in [-0.39, 0.29) is 17.5 Å².